The molecule has 0 amide bonds. The van der Waals surface area contributed by atoms with Gasteiger partial charge in [0, 0.05) is 24.3 Å². The van der Waals surface area contributed by atoms with Gasteiger partial charge in [0.1, 0.15) is 0 Å². The summed E-state index contributed by atoms with van der Waals surface area (Å²) < 4.78 is 0. The van der Waals surface area contributed by atoms with Crippen LogP contribution in [-0.4, -0.2) is 28.5 Å². The number of hydrogen-bond acceptors (Lipinski definition) is 3. The van der Waals surface area contributed by atoms with Crippen LogP contribution < -0.4 is 5.73 Å². The first-order valence-corrected chi connectivity index (χ1v) is 7.05. The maximum atomic E-state index is 6.28. The van der Waals surface area contributed by atoms with Gasteiger partial charge in [0.2, 0.25) is 0 Å². The Kier molecular flexibility index (Phi) is 4.36. The zero-order valence-corrected chi connectivity index (χ0v) is 11.7. The van der Waals surface area contributed by atoms with E-state index in [1.54, 1.807) is 0 Å². The molecule has 2 N–H and O–H groups in total. The van der Waals surface area contributed by atoms with Crippen LogP contribution in [0, 0.1) is 6.92 Å². The van der Waals surface area contributed by atoms with E-state index in [0.717, 1.165) is 37.4 Å². The first kappa shape index (κ1) is 13.5. The second kappa shape index (κ2) is 5.81. The molecule has 1 aromatic rings. The van der Waals surface area contributed by atoms with E-state index in [4.69, 9.17) is 5.73 Å². The third kappa shape index (κ3) is 3.53. The van der Waals surface area contributed by atoms with Gasteiger partial charge in [-0.2, -0.15) is 0 Å². The fourth-order valence-corrected chi connectivity index (χ4v) is 2.53. The fourth-order valence-electron chi connectivity index (χ4n) is 2.53. The molecule has 100 valence electrons. The first-order valence-electron chi connectivity index (χ1n) is 7.05. The average Bonchev–Trinajstić information content (AvgIpc) is 2.32. The van der Waals surface area contributed by atoms with E-state index < -0.39 is 0 Å². The molecule has 18 heavy (non-hydrogen) atoms. The molecule has 3 heteroatoms. The Balaban J connectivity index is 1.85. The van der Waals surface area contributed by atoms with E-state index in [2.05, 4.69) is 28.9 Å². The SMILES string of the molecule is CCN(CCC1(N)CCC1)Cc1cccc(C)n1. The molecule has 0 bridgehead atoms. The van der Waals surface area contributed by atoms with Gasteiger partial charge < -0.3 is 5.73 Å². The molecule has 1 saturated carbocycles. The van der Waals surface area contributed by atoms with Crippen molar-refractivity contribution in [2.45, 2.75) is 51.6 Å². The van der Waals surface area contributed by atoms with Crippen LogP contribution in [0.2, 0.25) is 0 Å². The van der Waals surface area contributed by atoms with Crippen molar-refractivity contribution in [2.75, 3.05) is 13.1 Å². The second-order valence-electron chi connectivity index (χ2n) is 5.61. The molecule has 1 aliphatic carbocycles. The lowest BCUT2D eigenvalue weighted by Gasteiger charge is -2.39. The zero-order chi connectivity index (χ0) is 13.0. The van der Waals surface area contributed by atoms with E-state index >= 15 is 0 Å². The standard InChI is InChI=1S/C15H25N3/c1-3-18(11-10-15(16)8-5-9-15)12-14-7-4-6-13(2)17-14/h4,6-7H,3,5,8-12,16H2,1-2H3. The molecule has 2 rings (SSSR count). The third-order valence-corrected chi connectivity index (χ3v) is 4.05. The Hall–Kier alpha value is -0.930. The first-order chi connectivity index (χ1) is 8.61. The zero-order valence-electron chi connectivity index (χ0n) is 11.7. The molecule has 0 aliphatic heterocycles. The van der Waals surface area contributed by atoms with Gasteiger partial charge in [-0.3, -0.25) is 9.88 Å². The maximum Gasteiger partial charge on any atom is 0.0547 e. The van der Waals surface area contributed by atoms with Gasteiger partial charge in [-0.05, 0) is 51.3 Å². The molecule has 0 atom stereocenters. The van der Waals surface area contributed by atoms with Crippen molar-refractivity contribution in [2.24, 2.45) is 5.73 Å². The van der Waals surface area contributed by atoms with Crippen LogP contribution in [0.25, 0.3) is 0 Å². The summed E-state index contributed by atoms with van der Waals surface area (Å²) in [5.41, 5.74) is 8.67. The van der Waals surface area contributed by atoms with Gasteiger partial charge in [0.05, 0.1) is 5.69 Å². The quantitative estimate of drug-likeness (QED) is 0.839. The summed E-state index contributed by atoms with van der Waals surface area (Å²) in [4.78, 5) is 7.01. The van der Waals surface area contributed by atoms with Crippen molar-refractivity contribution >= 4 is 0 Å². The lowest BCUT2D eigenvalue weighted by Crippen LogP contribution is -2.48. The summed E-state index contributed by atoms with van der Waals surface area (Å²) in [7, 11) is 0. The Morgan fingerprint density at radius 1 is 1.39 bits per heavy atom. The topological polar surface area (TPSA) is 42.1 Å². The monoisotopic (exact) mass is 247 g/mol. The molecule has 1 aliphatic rings. The number of rotatable bonds is 6. The summed E-state index contributed by atoms with van der Waals surface area (Å²) in [5.74, 6) is 0. The van der Waals surface area contributed by atoms with Crippen LogP contribution >= 0.6 is 0 Å². The predicted octanol–water partition coefficient (Wildman–Crippen LogP) is 2.48. The summed E-state index contributed by atoms with van der Waals surface area (Å²) in [6.45, 7) is 7.34. The molecule has 0 radical (unpaired) electrons. The highest BCUT2D eigenvalue weighted by Crippen LogP contribution is 2.32. The molecule has 1 aromatic heterocycles. The number of nitrogens with two attached hydrogens (primary N) is 1. The maximum absolute atomic E-state index is 6.28. The molecular weight excluding hydrogens is 222 g/mol. The number of pyridine rings is 1. The van der Waals surface area contributed by atoms with Crippen molar-refractivity contribution in [1.29, 1.82) is 0 Å². The molecule has 1 heterocycles. The Labute approximate surface area is 110 Å². The molecule has 0 unspecified atom stereocenters. The Morgan fingerprint density at radius 2 is 2.17 bits per heavy atom. The second-order valence-corrected chi connectivity index (χ2v) is 5.61. The molecular formula is C15H25N3. The van der Waals surface area contributed by atoms with Crippen molar-refractivity contribution in [1.82, 2.24) is 9.88 Å². The van der Waals surface area contributed by atoms with Gasteiger partial charge in [-0.25, -0.2) is 0 Å². The number of hydrogen-bond donors (Lipinski definition) is 1. The van der Waals surface area contributed by atoms with Gasteiger partial charge in [-0.15, -0.1) is 0 Å². The number of aryl methyl sites for hydroxylation is 1. The van der Waals surface area contributed by atoms with E-state index in [1.165, 1.54) is 19.3 Å². The molecule has 0 saturated heterocycles. The van der Waals surface area contributed by atoms with Crippen LogP contribution in [0.4, 0.5) is 0 Å². The minimum absolute atomic E-state index is 0.132. The largest absolute Gasteiger partial charge is 0.325 e. The van der Waals surface area contributed by atoms with Crippen LogP contribution in [0.1, 0.15) is 44.0 Å². The lowest BCUT2D eigenvalue weighted by molar-refractivity contribution is 0.180. The minimum Gasteiger partial charge on any atom is -0.325 e. The highest BCUT2D eigenvalue weighted by atomic mass is 15.1. The van der Waals surface area contributed by atoms with Gasteiger partial charge in [-0.1, -0.05) is 13.0 Å². The van der Waals surface area contributed by atoms with E-state index in [9.17, 15) is 0 Å². The van der Waals surface area contributed by atoms with Crippen molar-refractivity contribution < 1.29 is 0 Å². The highest BCUT2D eigenvalue weighted by Gasteiger charge is 2.32. The molecule has 0 spiro atoms. The summed E-state index contributed by atoms with van der Waals surface area (Å²) in [6, 6.07) is 6.24. The van der Waals surface area contributed by atoms with Gasteiger partial charge in [0.25, 0.3) is 0 Å². The van der Waals surface area contributed by atoms with Gasteiger partial charge >= 0.3 is 0 Å². The molecule has 0 aromatic carbocycles. The van der Waals surface area contributed by atoms with Crippen molar-refractivity contribution in [3.05, 3.63) is 29.6 Å². The third-order valence-electron chi connectivity index (χ3n) is 4.05. The number of nitrogens with zero attached hydrogens (tertiary/aromatic N) is 2. The Bertz CT molecular complexity index is 385. The van der Waals surface area contributed by atoms with Crippen LogP contribution in [-0.2, 0) is 6.54 Å². The smallest absolute Gasteiger partial charge is 0.0547 e. The van der Waals surface area contributed by atoms with E-state index in [-0.39, 0.29) is 5.54 Å². The van der Waals surface area contributed by atoms with Crippen LogP contribution in [0.15, 0.2) is 18.2 Å². The minimum atomic E-state index is 0.132. The molecule has 3 nitrogen and oxygen atoms in total. The summed E-state index contributed by atoms with van der Waals surface area (Å²) in [5, 5.41) is 0. The lowest BCUT2D eigenvalue weighted by atomic mass is 9.75. The summed E-state index contributed by atoms with van der Waals surface area (Å²) in [6.07, 6.45) is 4.83. The van der Waals surface area contributed by atoms with Crippen molar-refractivity contribution in [3.63, 3.8) is 0 Å². The predicted molar refractivity (Wildman–Crippen MR) is 75.3 cm³/mol. The van der Waals surface area contributed by atoms with Crippen LogP contribution in [0.3, 0.4) is 0 Å². The normalized spacial score (nSPS) is 17.8. The highest BCUT2D eigenvalue weighted by molar-refractivity contribution is 5.09. The summed E-state index contributed by atoms with van der Waals surface area (Å²) >= 11 is 0. The molecule has 1 fully saturated rings. The average molecular weight is 247 g/mol. The van der Waals surface area contributed by atoms with Crippen LogP contribution in [0.5, 0.6) is 0 Å². The van der Waals surface area contributed by atoms with Crippen molar-refractivity contribution in [3.8, 4) is 0 Å². The Morgan fingerprint density at radius 3 is 2.72 bits per heavy atom. The number of aromatic nitrogens is 1. The fraction of sp³-hybridized carbons (Fsp3) is 0.667. The van der Waals surface area contributed by atoms with E-state index in [0.29, 0.717) is 0 Å². The van der Waals surface area contributed by atoms with Gasteiger partial charge in [0.15, 0.2) is 0 Å². The van der Waals surface area contributed by atoms with E-state index in [1.807, 2.05) is 13.0 Å².